The minimum atomic E-state index is -0.712. The molecule has 0 amide bonds. The first-order valence-electron chi connectivity index (χ1n) is 8.42. The number of carbonyl (C=O) groups is 1. The topological polar surface area (TPSA) is 97.1 Å². The quantitative estimate of drug-likeness (QED) is 0.542. The van der Waals surface area contributed by atoms with Gasteiger partial charge in [0.2, 0.25) is 0 Å². The number of esters is 1. The normalized spacial score (nSPS) is 12.2. The van der Waals surface area contributed by atoms with E-state index in [4.69, 9.17) is 9.47 Å². The molecule has 2 heterocycles. The van der Waals surface area contributed by atoms with Gasteiger partial charge in [0.15, 0.2) is 11.9 Å². The Morgan fingerprint density at radius 3 is 2.74 bits per heavy atom. The van der Waals surface area contributed by atoms with Crippen molar-refractivity contribution in [2.24, 2.45) is 0 Å². The zero-order valence-electron chi connectivity index (χ0n) is 14.8. The van der Waals surface area contributed by atoms with E-state index < -0.39 is 12.1 Å². The first-order valence-corrected chi connectivity index (χ1v) is 8.42. The number of fused-ring (bicyclic) bond motifs is 2. The Kier molecular flexibility index (Phi) is 4.12. The van der Waals surface area contributed by atoms with Crippen molar-refractivity contribution in [1.29, 1.82) is 0 Å². The molecule has 0 saturated carbocycles. The van der Waals surface area contributed by atoms with Crippen molar-refractivity contribution in [3.05, 3.63) is 70.4 Å². The molecule has 4 aromatic rings. The Hall–Kier alpha value is -3.61. The number of nitrogens with one attached hydrogen (secondary N) is 2. The Morgan fingerprint density at radius 1 is 1.11 bits per heavy atom. The molecule has 7 heteroatoms. The van der Waals surface area contributed by atoms with Crippen LogP contribution in [0.5, 0.6) is 5.75 Å². The van der Waals surface area contributed by atoms with Crippen molar-refractivity contribution in [2.75, 3.05) is 7.11 Å². The van der Waals surface area contributed by atoms with Crippen LogP contribution in [0.3, 0.4) is 0 Å². The van der Waals surface area contributed by atoms with E-state index in [0.717, 1.165) is 10.9 Å². The van der Waals surface area contributed by atoms with Crippen LogP contribution in [-0.4, -0.2) is 28.0 Å². The van der Waals surface area contributed by atoms with Gasteiger partial charge in [-0.15, -0.1) is 0 Å². The van der Waals surface area contributed by atoms with Crippen molar-refractivity contribution in [3.63, 3.8) is 0 Å². The lowest BCUT2D eigenvalue weighted by atomic mass is 10.2. The Labute approximate surface area is 154 Å². The van der Waals surface area contributed by atoms with Gasteiger partial charge in [-0.2, -0.15) is 0 Å². The van der Waals surface area contributed by atoms with Gasteiger partial charge in [0.05, 0.1) is 18.0 Å². The largest absolute Gasteiger partial charge is 0.497 e. The van der Waals surface area contributed by atoms with Gasteiger partial charge in [-0.25, -0.2) is 9.78 Å². The monoisotopic (exact) mass is 363 g/mol. The molecular formula is C20H17N3O4. The van der Waals surface area contributed by atoms with Crippen molar-refractivity contribution in [3.8, 4) is 5.75 Å². The number of nitrogens with zero attached hydrogens (tertiary/aromatic N) is 1. The third-order valence-electron chi connectivity index (χ3n) is 4.35. The summed E-state index contributed by atoms with van der Waals surface area (Å²) in [7, 11) is 1.58. The van der Waals surface area contributed by atoms with Crippen LogP contribution in [0, 0.1) is 0 Å². The molecule has 7 nitrogen and oxygen atoms in total. The lowest BCUT2D eigenvalue weighted by molar-refractivity contribution is 0.0314. The third-order valence-corrected chi connectivity index (χ3v) is 4.35. The minimum Gasteiger partial charge on any atom is -0.497 e. The van der Waals surface area contributed by atoms with Crippen LogP contribution < -0.4 is 10.3 Å². The summed E-state index contributed by atoms with van der Waals surface area (Å²) >= 11 is 0. The fourth-order valence-electron chi connectivity index (χ4n) is 2.92. The number of aromatic amines is 2. The van der Waals surface area contributed by atoms with Gasteiger partial charge in [-0.3, -0.25) is 4.79 Å². The zero-order chi connectivity index (χ0) is 19.0. The van der Waals surface area contributed by atoms with Gasteiger partial charge in [-0.05, 0) is 37.3 Å². The fraction of sp³-hybridized carbons (Fsp3) is 0.150. The Bertz CT molecular complexity index is 1210. The van der Waals surface area contributed by atoms with E-state index >= 15 is 0 Å². The lowest BCUT2D eigenvalue weighted by Crippen LogP contribution is -2.17. The predicted octanol–water partition coefficient (Wildman–Crippen LogP) is 3.33. The van der Waals surface area contributed by atoms with Crippen LogP contribution in [-0.2, 0) is 4.74 Å². The molecule has 0 bridgehead atoms. The smallest absolute Gasteiger partial charge is 0.355 e. The van der Waals surface area contributed by atoms with Crippen LogP contribution in [0.4, 0.5) is 0 Å². The van der Waals surface area contributed by atoms with Gasteiger partial charge in [-0.1, -0.05) is 12.1 Å². The maximum Gasteiger partial charge on any atom is 0.355 e. The molecule has 0 radical (unpaired) electrons. The summed E-state index contributed by atoms with van der Waals surface area (Å²) in [4.78, 5) is 34.8. The van der Waals surface area contributed by atoms with Gasteiger partial charge in [0.25, 0.3) is 5.56 Å². The zero-order valence-corrected chi connectivity index (χ0v) is 14.8. The van der Waals surface area contributed by atoms with E-state index in [1.54, 1.807) is 50.4 Å². The molecule has 136 valence electrons. The molecule has 0 aliphatic carbocycles. The number of para-hydroxylation sites is 1. The molecule has 0 saturated heterocycles. The number of hydrogen-bond acceptors (Lipinski definition) is 5. The number of aromatic nitrogens is 3. The molecule has 27 heavy (non-hydrogen) atoms. The van der Waals surface area contributed by atoms with Gasteiger partial charge < -0.3 is 19.4 Å². The average Bonchev–Trinajstić information content (AvgIpc) is 3.11. The van der Waals surface area contributed by atoms with E-state index in [0.29, 0.717) is 28.2 Å². The Balaban J connectivity index is 1.60. The Morgan fingerprint density at radius 2 is 1.93 bits per heavy atom. The van der Waals surface area contributed by atoms with Crippen molar-refractivity contribution in [1.82, 2.24) is 15.0 Å². The number of carbonyl (C=O) groups excluding carboxylic acids is 1. The van der Waals surface area contributed by atoms with E-state index in [-0.39, 0.29) is 5.56 Å². The predicted molar refractivity (Wildman–Crippen MR) is 101 cm³/mol. The summed E-state index contributed by atoms with van der Waals surface area (Å²) in [5, 5.41) is 1.36. The van der Waals surface area contributed by atoms with Crippen molar-refractivity contribution >= 4 is 27.8 Å². The van der Waals surface area contributed by atoms with Crippen LogP contribution in [0.1, 0.15) is 29.3 Å². The SMILES string of the molecule is COc1ccc2cc(C(=O)OC(C)c3nc4ccccc4c(=O)[nH]3)[nH]c2c1. The van der Waals surface area contributed by atoms with Crippen LogP contribution >= 0.6 is 0 Å². The summed E-state index contributed by atoms with van der Waals surface area (Å²) < 4.78 is 10.7. The number of H-pyrrole nitrogens is 2. The second-order valence-electron chi connectivity index (χ2n) is 6.15. The molecule has 2 N–H and O–H groups in total. The second kappa shape index (κ2) is 6.60. The maximum atomic E-state index is 12.5. The molecule has 2 aromatic carbocycles. The molecule has 0 spiro atoms. The maximum absolute atomic E-state index is 12.5. The van der Waals surface area contributed by atoms with Crippen molar-refractivity contribution < 1.29 is 14.3 Å². The van der Waals surface area contributed by atoms with Gasteiger partial charge in [0, 0.05) is 17.0 Å². The molecule has 4 rings (SSSR count). The minimum absolute atomic E-state index is 0.267. The molecule has 1 atom stereocenters. The average molecular weight is 363 g/mol. The summed E-state index contributed by atoms with van der Waals surface area (Å²) in [6.45, 7) is 1.66. The van der Waals surface area contributed by atoms with Gasteiger partial charge >= 0.3 is 5.97 Å². The highest BCUT2D eigenvalue weighted by Crippen LogP contribution is 2.23. The number of methoxy groups -OCH3 is 1. The molecule has 2 aromatic heterocycles. The number of ether oxygens (including phenoxy) is 2. The standard InChI is InChI=1S/C20H17N3O4/c1-11(18-22-15-6-4-3-5-14(15)19(24)23-18)27-20(25)17-9-12-7-8-13(26-2)10-16(12)21-17/h3-11,21H,1-2H3,(H,22,23,24). The van der Waals surface area contributed by atoms with E-state index in [1.807, 2.05) is 12.1 Å². The summed E-state index contributed by atoms with van der Waals surface area (Å²) in [5.74, 6) is 0.453. The highest BCUT2D eigenvalue weighted by molar-refractivity contribution is 5.95. The van der Waals surface area contributed by atoms with Crippen LogP contribution in [0.2, 0.25) is 0 Å². The molecule has 0 aliphatic heterocycles. The number of benzene rings is 2. The second-order valence-corrected chi connectivity index (χ2v) is 6.15. The van der Waals surface area contributed by atoms with Gasteiger partial charge in [0.1, 0.15) is 11.4 Å². The van der Waals surface area contributed by atoms with Crippen molar-refractivity contribution in [2.45, 2.75) is 13.0 Å². The highest BCUT2D eigenvalue weighted by Gasteiger charge is 2.18. The number of rotatable bonds is 4. The molecule has 0 aliphatic rings. The summed E-state index contributed by atoms with van der Waals surface area (Å²) in [5.41, 5.74) is 1.37. The fourth-order valence-corrected chi connectivity index (χ4v) is 2.92. The lowest BCUT2D eigenvalue weighted by Gasteiger charge is -2.12. The van der Waals surface area contributed by atoms with E-state index in [2.05, 4.69) is 15.0 Å². The van der Waals surface area contributed by atoms with E-state index in [1.165, 1.54) is 0 Å². The third kappa shape index (κ3) is 3.15. The van der Waals surface area contributed by atoms with Crippen LogP contribution in [0.25, 0.3) is 21.8 Å². The molecule has 1 unspecified atom stereocenters. The summed E-state index contributed by atoms with van der Waals surface area (Å²) in [6, 6.07) is 14.2. The molecule has 0 fully saturated rings. The highest BCUT2D eigenvalue weighted by atomic mass is 16.5. The first-order chi connectivity index (χ1) is 13.0. The van der Waals surface area contributed by atoms with E-state index in [9.17, 15) is 9.59 Å². The first kappa shape index (κ1) is 16.8. The molecular weight excluding hydrogens is 346 g/mol. The summed E-state index contributed by atoms with van der Waals surface area (Å²) in [6.07, 6.45) is -0.712. The van der Waals surface area contributed by atoms with Crippen LogP contribution in [0.15, 0.2) is 53.3 Å². The number of hydrogen-bond donors (Lipinski definition) is 2.